The molecule has 2 saturated heterocycles. The van der Waals surface area contributed by atoms with Crippen molar-refractivity contribution >= 4 is 57.2 Å². The van der Waals surface area contributed by atoms with Crippen LogP contribution in [0.1, 0.15) is 25.3 Å². The lowest BCUT2D eigenvalue weighted by atomic mass is 10.00. The summed E-state index contributed by atoms with van der Waals surface area (Å²) < 4.78 is 25.5. The number of morpholine rings is 1. The highest BCUT2D eigenvalue weighted by Crippen LogP contribution is 2.41. The molecule has 0 spiro atoms. The Morgan fingerprint density at radius 3 is 2.47 bits per heavy atom. The Hall–Kier alpha value is -3.51. The molecule has 4 aromatic rings. The molecule has 2 aliphatic heterocycles. The van der Waals surface area contributed by atoms with Gasteiger partial charge in [-0.05, 0) is 72.3 Å². The number of aryl methyl sites for hydroxylation is 2. The van der Waals surface area contributed by atoms with Gasteiger partial charge in [0.15, 0.2) is 0 Å². The van der Waals surface area contributed by atoms with Gasteiger partial charge < -0.3 is 29.6 Å². The van der Waals surface area contributed by atoms with Crippen molar-refractivity contribution in [2.75, 3.05) is 75.4 Å². The lowest BCUT2D eigenvalue weighted by Gasteiger charge is -2.41. The highest BCUT2D eigenvalue weighted by molar-refractivity contribution is 9.10. The minimum absolute atomic E-state index is 0.407. The lowest BCUT2D eigenvalue weighted by Crippen LogP contribution is -2.49. The number of hydrogen-bond acceptors (Lipinski definition) is 11. The topological polar surface area (TPSA) is 123 Å². The fraction of sp³-hybridized carbons (Fsp3) is 0.455. The third-order valence-electron chi connectivity index (χ3n) is 8.87. The third-order valence-corrected chi connectivity index (χ3v) is 11.0. The zero-order valence-corrected chi connectivity index (χ0v) is 30.1. The summed E-state index contributed by atoms with van der Waals surface area (Å²) in [4.78, 5) is 15.9. The minimum Gasteiger partial charge on any atom is -0.494 e. The van der Waals surface area contributed by atoms with Crippen LogP contribution in [0.25, 0.3) is 11.3 Å². The van der Waals surface area contributed by atoms with Crippen LogP contribution in [0.15, 0.2) is 47.2 Å². The highest BCUT2D eigenvalue weighted by atomic mass is 79.9. The summed E-state index contributed by atoms with van der Waals surface area (Å²) in [6.45, 7) is 11.5. The number of benzene rings is 2. The van der Waals surface area contributed by atoms with E-state index in [4.69, 9.17) is 14.5 Å². The zero-order valence-electron chi connectivity index (χ0n) is 27.7. The van der Waals surface area contributed by atoms with Gasteiger partial charge in [-0.3, -0.25) is 4.90 Å². The van der Waals surface area contributed by atoms with Gasteiger partial charge in [0.1, 0.15) is 24.4 Å². The van der Waals surface area contributed by atoms with Gasteiger partial charge in [0.05, 0.1) is 42.4 Å². The SMILES string of the molecule is CCc1cc(Nc2ncc(Br)c(Nc3ccc(-c4cnn(C)n4)cc3P(C)(C)=O)n2)c(OC)cc1N1CCC(N2CCOCC2)CC1. The molecule has 2 aromatic heterocycles. The predicted molar refractivity (Wildman–Crippen MR) is 192 cm³/mol. The Kier molecular flexibility index (Phi) is 10.2. The number of ether oxygens (including phenoxy) is 2. The van der Waals surface area contributed by atoms with Gasteiger partial charge in [-0.25, -0.2) is 4.98 Å². The molecule has 0 atom stereocenters. The van der Waals surface area contributed by atoms with Gasteiger partial charge >= 0.3 is 0 Å². The molecule has 0 saturated carbocycles. The molecule has 2 N–H and O–H groups in total. The van der Waals surface area contributed by atoms with Crippen molar-refractivity contribution < 1.29 is 14.0 Å². The lowest BCUT2D eigenvalue weighted by molar-refractivity contribution is 0.0115. The van der Waals surface area contributed by atoms with Crippen molar-refractivity contribution in [2.45, 2.75) is 32.2 Å². The summed E-state index contributed by atoms with van der Waals surface area (Å²) in [5.74, 6) is 1.68. The Balaban J connectivity index is 1.22. The van der Waals surface area contributed by atoms with Crippen LogP contribution in [0, 0.1) is 0 Å². The second-order valence-electron chi connectivity index (χ2n) is 12.3. The van der Waals surface area contributed by atoms with Crippen molar-refractivity contribution in [3.63, 3.8) is 0 Å². The number of anilines is 5. The molecule has 2 aliphatic rings. The molecular formula is C33H43BrN9O3P. The van der Waals surface area contributed by atoms with E-state index in [9.17, 15) is 4.57 Å². The van der Waals surface area contributed by atoms with E-state index in [0.717, 1.165) is 75.7 Å². The van der Waals surface area contributed by atoms with Crippen molar-refractivity contribution in [3.8, 4) is 17.0 Å². The molecule has 0 bridgehead atoms. The van der Waals surface area contributed by atoms with Crippen LogP contribution >= 0.6 is 23.1 Å². The van der Waals surface area contributed by atoms with E-state index in [-0.39, 0.29) is 0 Å². The van der Waals surface area contributed by atoms with Crippen molar-refractivity contribution in [2.24, 2.45) is 7.05 Å². The van der Waals surface area contributed by atoms with Crippen LogP contribution in [0.3, 0.4) is 0 Å². The van der Waals surface area contributed by atoms with Crippen LogP contribution in [-0.4, -0.2) is 95.7 Å². The quantitative estimate of drug-likeness (QED) is 0.198. The van der Waals surface area contributed by atoms with Crippen LogP contribution < -0.4 is 25.6 Å². The van der Waals surface area contributed by atoms with Crippen molar-refractivity contribution in [3.05, 3.63) is 52.8 Å². The van der Waals surface area contributed by atoms with E-state index in [1.807, 2.05) is 18.2 Å². The Bertz CT molecular complexity index is 1760. The van der Waals surface area contributed by atoms with Gasteiger partial charge in [-0.2, -0.15) is 20.0 Å². The molecular weight excluding hydrogens is 681 g/mol. The number of aromatic nitrogens is 5. The molecule has 0 radical (unpaired) electrons. The number of piperidine rings is 1. The molecule has 47 heavy (non-hydrogen) atoms. The van der Waals surface area contributed by atoms with Crippen molar-refractivity contribution in [1.82, 2.24) is 29.9 Å². The standard InChI is InChI=1S/C33H43BrN9O3P/c1-6-22-17-27(30(45-3)19-29(22)43-11-9-24(10-12-43)42-13-15-46-16-14-42)38-33-35-20-25(34)32(39-33)37-26-8-7-23(18-31(26)47(4,5)44)28-21-36-41(2)40-28/h7-8,17-21,24H,6,9-16H2,1-5H3,(H2,35,37,38,39). The molecule has 0 unspecified atom stereocenters. The fourth-order valence-electron chi connectivity index (χ4n) is 6.36. The van der Waals surface area contributed by atoms with Crippen LogP contribution in [0.2, 0.25) is 0 Å². The first-order valence-corrected chi connectivity index (χ1v) is 19.4. The average Bonchev–Trinajstić information content (AvgIpc) is 3.52. The van der Waals surface area contributed by atoms with E-state index in [2.05, 4.69) is 70.6 Å². The molecule has 2 fully saturated rings. The maximum absolute atomic E-state index is 13.4. The van der Waals surface area contributed by atoms with Crippen LogP contribution in [-0.2, 0) is 22.8 Å². The van der Waals surface area contributed by atoms with E-state index < -0.39 is 7.14 Å². The van der Waals surface area contributed by atoms with Crippen molar-refractivity contribution in [1.29, 1.82) is 0 Å². The van der Waals surface area contributed by atoms with Crippen LogP contribution in [0.4, 0.5) is 28.8 Å². The number of methoxy groups -OCH3 is 1. The smallest absolute Gasteiger partial charge is 0.229 e. The molecule has 0 amide bonds. The number of hydrogen-bond donors (Lipinski definition) is 2. The maximum Gasteiger partial charge on any atom is 0.229 e. The maximum atomic E-state index is 13.4. The molecule has 2 aromatic carbocycles. The van der Waals surface area contributed by atoms with E-state index in [1.165, 1.54) is 16.0 Å². The number of rotatable bonds is 10. The average molecular weight is 725 g/mol. The fourth-order valence-corrected chi connectivity index (χ4v) is 7.81. The minimum atomic E-state index is -2.68. The summed E-state index contributed by atoms with van der Waals surface area (Å²) in [5.41, 5.74) is 5.51. The first-order valence-electron chi connectivity index (χ1n) is 16.0. The third kappa shape index (κ3) is 7.64. The summed E-state index contributed by atoms with van der Waals surface area (Å²) in [6.07, 6.45) is 6.56. The summed E-state index contributed by atoms with van der Waals surface area (Å²) >= 11 is 3.59. The van der Waals surface area contributed by atoms with Gasteiger partial charge in [0, 0.05) is 68.1 Å². The normalized spacial score (nSPS) is 16.3. The first-order chi connectivity index (χ1) is 22.6. The molecule has 12 nitrogen and oxygen atoms in total. The summed E-state index contributed by atoms with van der Waals surface area (Å²) in [6, 6.07) is 10.6. The number of nitrogens with one attached hydrogen (secondary N) is 2. The monoisotopic (exact) mass is 723 g/mol. The molecule has 6 rings (SSSR count). The number of halogens is 1. The Labute approximate surface area is 284 Å². The van der Waals surface area contributed by atoms with Gasteiger partial charge in [0.2, 0.25) is 5.95 Å². The first kappa shape index (κ1) is 33.4. The van der Waals surface area contributed by atoms with E-state index >= 15 is 0 Å². The van der Waals surface area contributed by atoms with E-state index in [1.54, 1.807) is 39.9 Å². The molecule has 14 heteroatoms. The molecule has 250 valence electrons. The van der Waals surface area contributed by atoms with Gasteiger partial charge in [0.25, 0.3) is 0 Å². The second kappa shape index (κ2) is 14.3. The molecule has 0 aliphatic carbocycles. The summed E-state index contributed by atoms with van der Waals surface area (Å²) in [7, 11) is 0.779. The predicted octanol–water partition coefficient (Wildman–Crippen LogP) is 5.64. The largest absolute Gasteiger partial charge is 0.494 e. The number of nitrogens with zero attached hydrogens (tertiary/aromatic N) is 7. The summed E-state index contributed by atoms with van der Waals surface area (Å²) in [5, 5.41) is 16.1. The Morgan fingerprint density at radius 2 is 1.81 bits per heavy atom. The Morgan fingerprint density at radius 1 is 1.04 bits per heavy atom. The second-order valence-corrected chi connectivity index (χ2v) is 16.4. The highest BCUT2D eigenvalue weighted by Gasteiger charge is 2.27. The van der Waals surface area contributed by atoms with Crippen LogP contribution in [0.5, 0.6) is 5.75 Å². The van der Waals surface area contributed by atoms with Gasteiger partial charge in [-0.1, -0.05) is 13.0 Å². The zero-order chi connectivity index (χ0) is 33.1. The van der Waals surface area contributed by atoms with Gasteiger partial charge in [-0.15, -0.1) is 0 Å². The van der Waals surface area contributed by atoms with E-state index in [0.29, 0.717) is 39.0 Å². The molecule has 4 heterocycles.